The fraction of sp³-hybridized carbons (Fsp3) is 0.588. The van der Waals surface area contributed by atoms with Crippen LogP contribution < -0.4 is 10.1 Å². The lowest BCUT2D eigenvalue weighted by Crippen LogP contribution is -2.43. The number of amides is 1. The molecule has 1 amide bonds. The summed E-state index contributed by atoms with van der Waals surface area (Å²) in [5.74, 6) is 0.763. The van der Waals surface area contributed by atoms with Crippen LogP contribution in [-0.2, 0) is 14.6 Å². The van der Waals surface area contributed by atoms with Crippen LogP contribution in [0.3, 0.4) is 0 Å². The first-order valence-electron chi connectivity index (χ1n) is 8.27. The van der Waals surface area contributed by atoms with Gasteiger partial charge in [-0.3, -0.25) is 4.79 Å². The molecule has 1 aliphatic heterocycles. The number of nitrogens with zero attached hydrogens (tertiary/aromatic N) is 1. The summed E-state index contributed by atoms with van der Waals surface area (Å²) >= 11 is 0. The van der Waals surface area contributed by atoms with Crippen LogP contribution in [0.25, 0.3) is 0 Å². The van der Waals surface area contributed by atoms with E-state index in [0.717, 1.165) is 25.9 Å². The summed E-state index contributed by atoms with van der Waals surface area (Å²) in [6.07, 6.45) is 4.29. The van der Waals surface area contributed by atoms with Gasteiger partial charge in [-0.15, -0.1) is 0 Å². The van der Waals surface area contributed by atoms with Gasteiger partial charge < -0.3 is 15.0 Å². The van der Waals surface area contributed by atoms with E-state index in [-0.39, 0.29) is 10.8 Å². The first kappa shape index (κ1) is 18.7. The van der Waals surface area contributed by atoms with Gasteiger partial charge in [0.15, 0.2) is 9.84 Å². The summed E-state index contributed by atoms with van der Waals surface area (Å²) in [5.41, 5.74) is 0. The van der Waals surface area contributed by atoms with Crippen molar-refractivity contribution in [2.24, 2.45) is 0 Å². The van der Waals surface area contributed by atoms with E-state index in [4.69, 9.17) is 4.74 Å². The van der Waals surface area contributed by atoms with Gasteiger partial charge in [-0.1, -0.05) is 0 Å². The molecule has 0 unspecified atom stereocenters. The zero-order valence-corrected chi connectivity index (χ0v) is 15.1. The van der Waals surface area contributed by atoms with Crippen LogP contribution in [0.1, 0.15) is 25.7 Å². The Labute approximate surface area is 144 Å². The van der Waals surface area contributed by atoms with Crippen LogP contribution in [-0.4, -0.2) is 58.3 Å². The molecular weight excluding hydrogens is 328 g/mol. The molecule has 7 heteroatoms. The molecule has 1 aromatic carbocycles. The highest BCUT2D eigenvalue weighted by Gasteiger charge is 2.21. The van der Waals surface area contributed by atoms with Gasteiger partial charge in [-0.25, -0.2) is 8.42 Å². The van der Waals surface area contributed by atoms with Crippen LogP contribution in [0.4, 0.5) is 0 Å². The third-order valence-corrected chi connectivity index (χ3v) is 5.43. The van der Waals surface area contributed by atoms with Crippen LogP contribution in [0.5, 0.6) is 5.75 Å². The van der Waals surface area contributed by atoms with Gasteiger partial charge in [0.05, 0.1) is 11.5 Å². The molecular formula is C17H26N2O4S. The molecule has 1 fully saturated rings. The average Bonchev–Trinajstić information content (AvgIpc) is 2.58. The quantitative estimate of drug-likeness (QED) is 0.750. The number of benzene rings is 1. The highest BCUT2D eigenvalue weighted by atomic mass is 32.2. The van der Waals surface area contributed by atoms with E-state index in [0.29, 0.717) is 31.2 Å². The Hall–Kier alpha value is -1.60. The smallest absolute Gasteiger partial charge is 0.222 e. The lowest BCUT2D eigenvalue weighted by molar-refractivity contribution is -0.132. The number of sulfone groups is 1. The molecule has 0 radical (unpaired) electrons. The molecule has 6 nitrogen and oxygen atoms in total. The summed E-state index contributed by atoms with van der Waals surface area (Å²) in [5, 5.41) is 3.30. The van der Waals surface area contributed by atoms with Crippen molar-refractivity contribution in [1.29, 1.82) is 0 Å². The molecule has 0 spiro atoms. The predicted molar refractivity (Wildman–Crippen MR) is 92.9 cm³/mol. The van der Waals surface area contributed by atoms with E-state index < -0.39 is 9.84 Å². The highest BCUT2D eigenvalue weighted by molar-refractivity contribution is 7.90. The highest BCUT2D eigenvalue weighted by Crippen LogP contribution is 2.16. The normalized spacial score (nSPS) is 15.9. The van der Waals surface area contributed by atoms with E-state index in [9.17, 15) is 13.2 Å². The Morgan fingerprint density at radius 1 is 1.25 bits per heavy atom. The number of hydrogen-bond acceptors (Lipinski definition) is 5. The summed E-state index contributed by atoms with van der Waals surface area (Å²) in [7, 11) is -1.31. The van der Waals surface area contributed by atoms with Gasteiger partial charge >= 0.3 is 0 Å². The number of carbonyl (C=O) groups is 1. The molecule has 0 aromatic heterocycles. The zero-order chi connectivity index (χ0) is 17.6. The molecule has 0 bridgehead atoms. The molecule has 1 N–H and O–H groups in total. The van der Waals surface area contributed by atoms with Crippen LogP contribution in [0.2, 0.25) is 0 Å². The van der Waals surface area contributed by atoms with Gasteiger partial charge in [0.1, 0.15) is 5.75 Å². The lowest BCUT2D eigenvalue weighted by atomic mass is 10.0. The van der Waals surface area contributed by atoms with Gasteiger partial charge in [0.2, 0.25) is 5.91 Å². The fourth-order valence-corrected chi connectivity index (χ4v) is 3.40. The SMILES string of the molecule is CN(C(=O)CCCOc1ccc(S(C)(=O)=O)cc1)C1CCNCC1. The van der Waals surface area contributed by atoms with Crippen molar-refractivity contribution in [2.75, 3.05) is 33.0 Å². The van der Waals surface area contributed by atoms with Crippen molar-refractivity contribution in [3.8, 4) is 5.75 Å². The number of ether oxygens (including phenoxy) is 1. The summed E-state index contributed by atoms with van der Waals surface area (Å²) in [6, 6.07) is 6.67. The van der Waals surface area contributed by atoms with E-state index in [1.807, 2.05) is 11.9 Å². The van der Waals surface area contributed by atoms with Gasteiger partial charge in [0.25, 0.3) is 0 Å². The molecule has 134 valence electrons. The van der Waals surface area contributed by atoms with E-state index in [1.165, 1.54) is 18.4 Å². The van der Waals surface area contributed by atoms with E-state index in [2.05, 4.69) is 5.32 Å². The van der Waals surface area contributed by atoms with Gasteiger partial charge in [-0.2, -0.15) is 0 Å². The Balaban J connectivity index is 1.71. The minimum Gasteiger partial charge on any atom is -0.494 e. The van der Waals surface area contributed by atoms with Crippen LogP contribution in [0, 0.1) is 0 Å². The van der Waals surface area contributed by atoms with Crippen molar-refractivity contribution < 1.29 is 17.9 Å². The van der Waals surface area contributed by atoms with E-state index >= 15 is 0 Å². The molecule has 0 atom stereocenters. The van der Waals surface area contributed by atoms with Crippen molar-refractivity contribution in [2.45, 2.75) is 36.6 Å². The Bertz CT molecular complexity index is 637. The fourth-order valence-electron chi connectivity index (χ4n) is 2.77. The minimum absolute atomic E-state index is 0.151. The molecule has 2 rings (SSSR count). The number of carbonyl (C=O) groups excluding carboxylic acids is 1. The summed E-state index contributed by atoms with van der Waals surface area (Å²) in [6.45, 7) is 2.37. The standard InChI is InChI=1S/C17H26N2O4S/c1-19(14-9-11-18-12-10-14)17(20)4-3-13-23-15-5-7-16(8-6-15)24(2,21)22/h5-8,14,18H,3-4,9-13H2,1-2H3. The van der Waals surface area contributed by atoms with E-state index in [1.54, 1.807) is 12.1 Å². The zero-order valence-electron chi connectivity index (χ0n) is 14.3. The molecule has 1 aromatic rings. The average molecular weight is 354 g/mol. The molecule has 1 heterocycles. The molecule has 24 heavy (non-hydrogen) atoms. The van der Waals surface area contributed by atoms with Crippen molar-refractivity contribution >= 4 is 15.7 Å². The van der Waals surface area contributed by atoms with Crippen molar-refractivity contribution in [3.05, 3.63) is 24.3 Å². The molecule has 1 saturated heterocycles. The maximum absolute atomic E-state index is 12.2. The number of piperidine rings is 1. The summed E-state index contributed by atoms with van der Waals surface area (Å²) in [4.78, 5) is 14.3. The Morgan fingerprint density at radius 2 is 1.88 bits per heavy atom. The number of hydrogen-bond donors (Lipinski definition) is 1. The monoisotopic (exact) mass is 354 g/mol. The third kappa shape index (κ3) is 5.49. The van der Waals surface area contributed by atoms with Crippen molar-refractivity contribution in [1.82, 2.24) is 10.2 Å². The number of rotatable bonds is 7. The second-order valence-electron chi connectivity index (χ2n) is 6.18. The predicted octanol–water partition coefficient (Wildman–Crippen LogP) is 1.46. The number of nitrogens with one attached hydrogen (secondary N) is 1. The van der Waals surface area contributed by atoms with Crippen LogP contribution in [0.15, 0.2) is 29.2 Å². The largest absolute Gasteiger partial charge is 0.494 e. The maximum atomic E-state index is 12.2. The second-order valence-corrected chi connectivity index (χ2v) is 8.20. The summed E-state index contributed by atoms with van der Waals surface area (Å²) < 4.78 is 28.3. The van der Waals surface area contributed by atoms with Crippen LogP contribution >= 0.6 is 0 Å². The van der Waals surface area contributed by atoms with Crippen molar-refractivity contribution in [3.63, 3.8) is 0 Å². The van der Waals surface area contributed by atoms with Gasteiger partial charge in [0, 0.05) is 25.8 Å². The van der Waals surface area contributed by atoms with Gasteiger partial charge in [-0.05, 0) is 56.6 Å². The lowest BCUT2D eigenvalue weighted by Gasteiger charge is -2.31. The Morgan fingerprint density at radius 3 is 2.46 bits per heavy atom. The minimum atomic E-state index is -3.19. The molecule has 0 aliphatic carbocycles. The molecule has 0 saturated carbocycles. The first-order chi connectivity index (χ1) is 11.4. The maximum Gasteiger partial charge on any atom is 0.222 e. The Kier molecular flexibility index (Phi) is 6.62. The third-order valence-electron chi connectivity index (χ3n) is 4.31. The molecule has 1 aliphatic rings. The first-order valence-corrected chi connectivity index (χ1v) is 10.2. The topological polar surface area (TPSA) is 75.7 Å². The second kappa shape index (κ2) is 8.48.